The lowest BCUT2D eigenvalue weighted by Crippen LogP contribution is -2.30. The van der Waals surface area contributed by atoms with E-state index in [0.29, 0.717) is 18.2 Å². The van der Waals surface area contributed by atoms with E-state index in [1.165, 1.54) is 0 Å². The summed E-state index contributed by atoms with van der Waals surface area (Å²) in [6.45, 7) is 6.41. The minimum absolute atomic E-state index is 0.122. The summed E-state index contributed by atoms with van der Waals surface area (Å²) in [5, 5.41) is 4.45. The summed E-state index contributed by atoms with van der Waals surface area (Å²) >= 11 is 4.90. The van der Waals surface area contributed by atoms with Crippen LogP contribution in [0.2, 0.25) is 0 Å². The average molecular weight is 290 g/mol. The van der Waals surface area contributed by atoms with Crippen LogP contribution in [-0.2, 0) is 6.54 Å². The molecule has 2 N–H and O–H groups in total. The largest absolute Gasteiger partial charge is 0.389 e. The van der Waals surface area contributed by atoms with Gasteiger partial charge in [-0.25, -0.2) is 0 Å². The zero-order valence-electron chi connectivity index (χ0n) is 11.8. The molecule has 106 valence electrons. The van der Waals surface area contributed by atoms with E-state index in [1.54, 1.807) is 10.6 Å². The van der Waals surface area contributed by atoms with Crippen molar-refractivity contribution in [3.05, 3.63) is 51.7 Å². The van der Waals surface area contributed by atoms with Gasteiger partial charge in [-0.15, -0.1) is 0 Å². The predicted molar refractivity (Wildman–Crippen MR) is 83.0 cm³/mol. The van der Waals surface area contributed by atoms with Gasteiger partial charge in [-0.2, -0.15) is 5.10 Å². The van der Waals surface area contributed by atoms with Crippen molar-refractivity contribution in [2.45, 2.75) is 33.4 Å². The molecule has 0 aliphatic rings. The molecule has 0 aliphatic heterocycles. The first-order valence-corrected chi connectivity index (χ1v) is 6.85. The highest BCUT2D eigenvalue weighted by atomic mass is 32.1. The van der Waals surface area contributed by atoms with Gasteiger partial charge in [0.05, 0.1) is 17.8 Å². The van der Waals surface area contributed by atoms with E-state index >= 15 is 0 Å². The third-order valence-corrected chi connectivity index (χ3v) is 3.39. The summed E-state index contributed by atoms with van der Waals surface area (Å²) in [4.78, 5) is 12.5. The molecule has 0 aliphatic carbocycles. The van der Waals surface area contributed by atoms with Gasteiger partial charge < -0.3 is 10.3 Å². The number of thiocarbonyl (C=S) groups is 1. The second-order valence-electron chi connectivity index (χ2n) is 5.02. The lowest BCUT2D eigenvalue weighted by atomic mass is 10.2. The molecule has 0 amide bonds. The summed E-state index contributed by atoms with van der Waals surface area (Å²) < 4.78 is 3.51. The monoisotopic (exact) mass is 290 g/mol. The summed E-state index contributed by atoms with van der Waals surface area (Å²) in [6, 6.07) is 5.72. The van der Waals surface area contributed by atoms with E-state index in [4.69, 9.17) is 18.0 Å². The average Bonchev–Trinajstić information content (AvgIpc) is 2.82. The molecule has 0 saturated heterocycles. The lowest BCUT2D eigenvalue weighted by Gasteiger charge is -2.10. The van der Waals surface area contributed by atoms with Gasteiger partial charge in [0.2, 0.25) is 0 Å². The molecule has 0 bridgehead atoms. The van der Waals surface area contributed by atoms with E-state index in [-0.39, 0.29) is 10.5 Å². The quantitative estimate of drug-likeness (QED) is 0.869. The van der Waals surface area contributed by atoms with Crippen LogP contribution in [0.25, 0.3) is 0 Å². The Kier molecular flexibility index (Phi) is 4.04. The van der Waals surface area contributed by atoms with Crippen LogP contribution in [0.15, 0.2) is 29.2 Å². The number of nitrogens with two attached hydrogens (primary N) is 1. The third-order valence-electron chi connectivity index (χ3n) is 3.17. The number of aryl methyl sites for hydroxylation is 1. The zero-order valence-corrected chi connectivity index (χ0v) is 12.6. The van der Waals surface area contributed by atoms with E-state index in [1.807, 2.05) is 29.9 Å². The maximum absolute atomic E-state index is 12.3. The van der Waals surface area contributed by atoms with Crippen molar-refractivity contribution in [1.29, 1.82) is 0 Å². The second-order valence-corrected chi connectivity index (χ2v) is 5.46. The minimum Gasteiger partial charge on any atom is -0.389 e. The van der Waals surface area contributed by atoms with Crippen molar-refractivity contribution in [3.63, 3.8) is 0 Å². The smallest absolute Gasteiger partial charge is 0.261 e. The maximum Gasteiger partial charge on any atom is 0.261 e. The number of hydrogen-bond acceptors (Lipinski definition) is 3. The Labute approximate surface area is 123 Å². The van der Waals surface area contributed by atoms with E-state index in [2.05, 4.69) is 18.9 Å². The molecule has 0 fully saturated rings. The molecule has 2 aromatic rings. The van der Waals surface area contributed by atoms with Gasteiger partial charge in [-0.3, -0.25) is 9.48 Å². The van der Waals surface area contributed by atoms with Gasteiger partial charge in [-0.05, 0) is 39.0 Å². The molecule has 0 radical (unpaired) electrons. The van der Waals surface area contributed by atoms with Crippen molar-refractivity contribution >= 4 is 17.2 Å². The molecule has 6 heteroatoms. The molecular weight excluding hydrogens is 272 g/mol. The van der Waals surface area contributed by atoms with Gasteiger partial charge in [0.25, 0.3) is 5.56 Å². The number of aromatic nitrogens is 3. The van der Waals surface area contributed by atoms with Crippen LogP contribution in [0.5, 0.6) is 0 Å². The Balaban J connectivity index is 2.40. The van der Waals surface area contributed by atoms with Crippen molar-refractivity contribution in [2.75, 3.05) is 0 Å². The Morgan fingerprint density at radius 2 is 2.10 bits per heavy atom. The van der Waals surface area contributed by atoms with Crippen LogP contribution in [0.1, 0.15) is 36.8 Å². The Morgan fingerprint density at radius 1 is 1.40 bits per heavy atom. The van der Waals surface area contributed by atoms with E-state index < -0.39 is 0 Å². The highest BCUT2D eigenvalue weighted by molar-refractivity contribution is 7.80. The molecule has 5 nitrogen and oxygen atoms in total. The van der Waals surface area contributed by atoms with Crippen LogP contribution >= 0.6 is 12.2 Å². The fourth-order valence-electron chi connectivity index (χ4n) is 1.97. The van der Waals surface area contributed by atoms with Gasteiger partial charge in [0, 0.05) is 17.9 Å². The third kappa shape index (κ3) is 2.80. The molecule has 2 rings (SSSR count). The molecule has 0 atom stereocenters. The Bertz CT molecular complexity index is 699. The first-order valence-electron chi connectivity index (χ1n) is 6.44. The van der Waals surface area contributed by atoms with Crippen molar-refractivity contribution in [1.82, 2.24) is 14.3 Å². The zero-order chi connectivity index (χ0) is 14.9. The van der Waals surface area contributed by atoms with Gasteiger partial charge in [-0.1, -0.05) is 12.2 Å². The molecular formula is C14H18N4OS. The number of nitrogens with zero attached hydrogens (tertiary/aromatic N) is 3. The van der Waals surface area contributed by atoms with Crippen molar-refractivity contribution in [2.24, 2.45) is 5.73 Å². The Morgan fingerprint density at radius 3 is 2.65 bits per heavy atom. The molecule has 0 spiro atoms. The van der Waals surface area contributed by atoms with Gasteiger partial charge >= 0.3 is 0 Å². The fourth-order valence-corrected chi connectivity index (χ4v) is 2.12. The van der Waals surface area contributed by atoms with Crippen LogP contribution in [0, 0.1) is 6.92 Å². The van der Waals surface area contributed by atoms with Crippen molar-refractivity contribution < 1.29 is 0 Å². The fraction of sp³-hybridized carbons (Fsp3) is 0.357. The van der Waals surface area contributed by atoms with Crippen molar-refractivity contribution in [3.8, 4) is 0 Å². The molecule has 0 aromatic carbocycles. The van der Waals surface area contributed by atoms with Gasteiger partial charge in [0.15, 0.2) is 0 Å². The number of rotatable bonds is 4. The molecule has 20 heavy (non-hydrogen) atoms. The summed E-state index contributed by atoms with van der Waals surface area (Å²) in [5.74, 6) is 0. The molecule has 2 heterocycles. The minimum atomic E-state index is -0.170. The Hall–Kier alpha value is -1.95. The molecule has 0 saturated carbocycles. The predicted octanol–water partition coefficient (Wildman–Crippen LogP) is 1.62. The van der Waals surface area contributed by atoms with Crippen LogP contribution < -0.4 is 11.3 Å². The topological polar surface area (TPSA) is 65.8 Å². The lowest BCUT2D eigenvalue weighted by molar-refractivity contribution is 0.522. The van der Waals surface area contributed by atoms with Crippen LogP contribution in [-0.4, -0.2) is 19.3 Å². The highest BCUT2D eigenvalue weighted by Gasteiger charge is 2.10. The molecule has 0 unspecified atom stereocenters. The normalized spacial score (nSPS) is 11.0. The first kappa shape index (κ1) is 14.5. The molecule has 2 aromatic heterocycles. The number of pyridine rings is 1. The summed E-state index contributed by atoms with van der Waals surface area (Å²) in [7, 11) is 0. The van der Waals surface area contributed by atoms with Crippen LogP contribution in [0.3, 0.4) is 0 Å². The standard InChI is InChI=1S/C14H18N4OS/c1-9(2)18-7-6-11(16-18)8-17-10(3)4-5-12(13(15)20)14(17)19/h4-7,9H,8H2,1-3H3,(H2,15,20). The second kappa shape index (κ2) is 5.58. The van der Waals surface area contributed by atoms with E-state index in [9.17, 15) is 4.79 Å². The highest BCUT2D eigenvalue weighted by Crippen LogP contribution is 2.07. The maximum atomic E-state index is 12.3. The van der Waals surface area contributed by atoms with Gasteiger partial charge in [0.1, 0.15) is 4.99 Å². The summed E-state index contributed by atoms with van der Waals surface area (Å²) in [6.07, 6.45) is 1.91. The first-order chi connectivity index (χ1) is 9.40. The van der Waals surface area contributed by atoms with Crippen LogP contribution in [0.4, 0.5) is 0 Å². The summed E-state index contributed by atoms with van der Waals surface area (Å²) in [5.41, 5.74) is 7.46. The number of hydrogen-bond donors (Lipinski definition) is 1. The SMILES string of the molecule is Cc1ccc(C(N)=S)c(=O)n1Cc1ccn(C(C)C)n1. The van der Waals surface area contributed by atoms with E-state index in [0.717, 1.165) is 11.4 Å².